The van der Waals surface area contributed by atoms with Crippen LogP contribution < -0.4 is 4.90 Å². The van der Waals surface area contributed by atoms with Crippen LogP contribution in [0.2, 0.25) is 0 Å². The van der Waals surface area contributed by atoms with Crippen LogP contribution in [0.25, 0.3) is 0 Å². The molecule has 27 heavy (non-hydrogen) atoms. The van der Waals surface area contributed by atoms with Gasteiger partial charge in [0.2, 0.25) is 5.88 Å². The summed E-state index contributed by atoms with van der Waals surface area (Å²) in [6, 6.07) is 11.4. The largest absolute Gasteiger partial charge is 0.481 e. The van der Waals surface area contributed by atoms with Gasteiger partial charge in [0.1, 0.15) is 28.0 Å². The molecule has 0 spiro atoms. The standard InChI is InChI=1S/C20H19BrF2N2O2/c1-12-7-9-14(10-8-12)11-24-13(2)25(19(26)17(21)20(24)27-3)18-15(22)5-4-6-16(18)23/h4-10,13H,11H2,1-3H3. The van der Waals surface area contributed by atoms with Gasteiger partial charge >= 0.3 is 0 Å². The third kappa shape index (κ3) is 3.56. The van der Waals surface area contributed by atoms with Gasteiger partial charge in [0.15, 0.2) is 0 Å². The van der Waals surface area contributed by atoms with Crippen LogP contribution in [0.5, 0.6) is 0 Å². The van der Waals surface area contributed by atoms with Crippen LogP contribution in [-0.2, 0) is 16.1 Å². The lowest BCUT2D eigenvalue weighted by atomic mass is 10.1. The molecule has 0 saturated carbocycles. The number of ether oxygens (including phenoxy) is 1. The zero-order valence-corrected chi connectivity index (χ0v) is 16.8. The highest BCUT2D eigenvalue weighted by Crippen LogP contribution is 2.36. The monoisotopic (exact) mass is 436 g/mol. The second-order valence-electron chi connectivity index (χ2n) is 6.31. The fourth-order valence-corrected chi connectivity index (χ4v) is 3.69. The Kier molecular flexibility index (Phi) is 5.51. The van der Waals surface area contributed by atoms with E-state index in [1.54, 1.807) is 11.8 Å². The number of carbonyl (C=O) groups is 1. The van der Waals surface area contributed by atoms with E-state index in [0.29, 0.717) is 12.4 Å². The molecule has 1 aliphatic heterocycles. The van der Waals surface area contributed by atoms with E-state index in [1.807, 2.05) is 31.2 Å². The molecule has 0 saturated heterocycles. The Bertz CT molecular complexity index is 879. The van der Waals surface area contributed by atoms with Crippen molar-refractivity contribution in [3.63, 3.8) is 0 Å². The summed E-state index contributed by atoms with van der Waals surface area (Å²) in [4.78, 5) is 15.7. The average molecular weight is 437 g/mol. The first-order chi connectivity index (χ1) is 12.8. The second-order valence-corrected chi connectivity index (χ2v) is 7.11. The van der Waals surface area contributed by atoms with Crippen molar-refractivity contribution < 1.29 is 18.3 Å². The van der Waals surface area contributed by atoms with E-state index < -0.39 is 23.7 Å². The lowest BCUT2D eigenvalue weighted by molar-refractivity contribution is -0.117. The first-order valence-corrected chi connectivity index (χ1v) is 9.18. The molecule has 0 bridgehead atoms. The highest BCUT2D eigenvalue weighted by molar-refractivity contribution is 9.12. The van der Waals surface area contributed by atoms with Crippen LogP contribution >= 0.6 is 15.9 Å². The van der Waals surface area contributed by atoms with E-state index >= 15 is 0 Å². The van der Waals surface area contributed by atoms with Gasteiger partial charge in [-0.2, -0.15) is 0 Å². The predicted molar refractivity (Wildman–Crippen MR) is 103 cm³/mol. The molecule has 3 rings (SSSR count). The number of rotatable bonds is 4. The highest BCUT2D eigenvalue weighted by atomic mass is 79.9. The van der Waals surface area contributed by atoms with E-state index in [1.165, 1.54) is 13.2 Å². The maximum absolute atomic E-state index is 14.4. The third-order valence-corrected chi connectivity index (χ3v) is 5.20. The number of methoxy groups -OCH3 is 1. The lowest BCUT2D eigenvalue weighted by Gasteiger charge is -2.43. The summed E-state index contributed by atoms with van der Waals surface area (Å²) in [5, 5.41) is 0. The van der Waals surface area contributed by atoms with E-state index in [4.69, 9.17) is 4.74 Å². The van der Waals surface area contributed by atoms with Gasteiger partial charge in [-0.15, -0.1) is 0 Å². The molecule has 0 radical (unpaired) electrons. The summed E-state index contributed by atoms with van der Waals surface area (Å²) in [7, 11) is 1.46. The number of halogens is 3. The van der Waals surface area contributed by atoms with Crippen LogP contribution in [0.3, 0.4) is 0 Å². The van der Waals surface area contributed by atoms with Gasteiger partial charge in [0.25, 0.3) is 5.91 Å². The zero-order valence-electron chi connectivity index (χ0n) is 15.2. The molecular formula is C20H19BrF2N2O2. The van der Waals surface area contributed by atoms with E-state index in [2.05, 4.69) is 15.9 Å². The third-order valence-electron chi connectivity index (χ3n) is 4.53. The molecule has 1 unspecified atom stereocenters. The van der Waals surface area contributed by atoms with Crippen LogP contribution in [0.15, 0.2) is 52.8 Å². The summed E-state index contributed by atoms with van der Waals surface area (Å²) in [5.41, 5.74) is 1.72. The summed E-state index contributed by atoms with van der Waals surface area (Å²) in [5.74, 6) is -1.84. The number of para-hydroxylation sites is 1. The summed E-state index contributed by atoms with van der Waals surface area (Å²) >= 11 is 3.24. The Hall–Kier alpha value is -2.41. The van der Waals surface area contributed by atoms with Gasteiger partial charge in [0.05, 0.1) is 7.11 Å². The molecule has 7 heteroatoms. The molecule has 1 heterocycles. The average Bonchev–Trinajstić information content (AvgIpc) is 2.64. The molecule has 1 aliphatic rings. The van der Waals surface area contributed by atoms with Crippen molar-refractivity contribution in [2.24, 2.45) is 0 Å². The maximum Gasteiger partial charge on any atom is 0.272 e. The number of carbonyl (C=O) groups excluding carboxylic acids is 1. The maximum atomic E-state index is 14.4. The van der Waals surface area contributed by atoms with Crippen LogP contribution in [0.1, 0.15) is 18.1 Å². The molecule has 2 aromatic carbocycles. The van der Waals surface area contributed by atoms with Crippen molar-refractivity contribution in [3.05, 3.63) is 75.6 Å². The molecule has 142 valence electrons. The second kappa shape index (κ2) is 7.68. The molecule has 0 aliphatic carbocycles. The highest BCUT2D eigenvalue weighted by Gasteiger charge is 2.40. The van der Waals surface area contributed by atoms with Crippen molar-refractivity contribution in [2.75, 3.05) is 12.0 Å². The van der Waals surface area contributed by atoms with Gasteiger partial charge in [-0.25, -0.2) is 8.78 Å². The molecular weight excluding hydrogens is 418 g/mol. The Morgan fingerprint density at radius 3 is 2.26 bits per heavy atom. The summed E-state index contributed by atoms with van der Waals surface area (Å²) in [6.07, 6.45) is -0.665. The number of anilines is 1. The minimum Gasteiger partial charge on any atom is -0.481 e. The molecule has 1 amide bonds. The number of benzene rings is 2. The van der Waals surface area contributed by atoms with Crippen molar-refractivity contribution >= 4 is 27.5 Å². The molecule has 0 N–H and O–H groups in total. The molecule has 1 atom stereocenters. The van der Waals surface area contributed by atoms with E-state index in [9.17, 15) is 13.6 Å². The first-order valence-electron chi connectivity index (χ1n) is 8.38. The normalized spacial score (nSPS) is 17.6. The zero-order chi connectivity index (χ0) is 19.7. The fourth-order valence-electron chi connectivity index (χ4n) is 3.11. The summed E-state index contributed by atoms with van der Waals surface area (Å²) in [6.45, 7) is 4.10. The number of hydrogen-bond acceptors (Lipinski definition) is 3. The molecule has 0 fully saturated rings. The Labute approximate surface area is 165 Å². The topological polar surface area (TPSA) is 32.8 Å². The molecule has 2 aromatic rings. The molecule has 4 nitrogen and oxygen atoms in total. The SMILES string of the molecule is COC1=C(Br)C(=O)N(c2c(F)cccc2F)C(C)N1Cc1ccc(C)cc1. The van der Waals surface area contributed by atoms with E-state index in [0.717, 1.165) is 28.2 Å². The Morgan fingerprint density at radius 1 is 1.11 bits per heavy atom. The first kappa shape index (κ1) is 19.4. The number of aryl methyl sites for hydroxylation is 1. The quantitative estimate of drug-likeness (QED) is 0.697. The van der Waals surface area contributed by atoms with Crippen molar-refractivity contribution in [3.8, 4) is 0 Å². The lowest BCUT2D eigenvalue weighted by Crippen LogP contribution is -2.54. The smallest absolute Gasteiger partial charge is 0.272 e. The van der Waals surface area contributed by atoms with Gasteiger partial charge in [0, 0.05) is 6.54 Å². The van der Waals surface area contributed by atoms with Crippen LogP contribution in [0, 0.1) is 18.6 Å². The van der Waals surface area contributed by atoms with Gasteiger partial charge in [-0.05, 0) is 47.5 Å². The van der Waals surface area contributed by atoms with E-state index in [-0.39, 0.29) is 10.2 Å². The van der Waals surface area contributed by atoms with Crippen molar-refractivity contribution in [1.82, 2.24) is 4.90 Å². The minimum atomic E-state index is -0.799. The number of amides is 1. The van der Waals surface area contributed by atoms with Crippen molar-refractivity contribution in [2.45, 2.75) is 26.6 Å². The van der Waals surface area contributed by atoms with Gasteiger partial charge < -0.3 is 9.64 Å². The van der Waals surface area contributed by atoms with Gasteiger partial charge in [-0.1, -0.05) is 35.9 Å². The predicted octanol–water partition coefficient (Wildman–Crippen LogP) is 4.68. The fraction of sp³-hybridized carbons (Fsp3) is 0.250. The van der Waals surface area contributed by atoms with Gasteiger partial charge in [-0.3, -0.25) is 9.69 Å². The molecule has 0 aromatic heterocycles. The Balaban J connectivity index is 2.07. The Morgan fingerprint density at radius 2 is 1.70 bits per heavy atom. The number of hydrogen-bond donors (Lipinski definition) is 0. The number of nitrogens with zero attached hydrogens (tertiary/aromatic N) is 2. The minimum absolute atomic E-state index is 0.109. The van der Waals surface area contributed by atoms with Crippen LogP contribution in [-0.4, -0.2) is 24.1 Å². The van der Waals surface area contributed by atoms with Crippen LogP contribution in [0.4, 0.5) is 14.5 Å². The summed E-state index contributed by atoms with van der Waals surface area (Å²) < 4.78 is 34.3. The van der Waals surface area contributed by atoms with Crippen molar-refractivity contribution in [1.29, 1.82) is 0 Å².